The van der Waals surface area contributed by atoms with Crippen LogP contribution in [0, 0.1) is 57.2 Å². The molecule has 16 nitrogen and oxygen atoms in total. The lowest BCUT2D eigenvalue weighted by molar-refractivity contribution is -0.225. The minimum Gasteiger partial charge on any atom is -0.390 e. The van der Waals surface area contributed by atoms with E-state index >= 15 is 8.78 Å². The van der Waals surface area contributed by atoms with Gasteiger partial charge in [-0.25, -0.2) is 17.9 Å². The van der Waals surface area contributed by atoms with E-state index in [0.717, 1.165) is 0 Å². The van der Waals surface area contributed by atoms with Gasteiger partial charge in [0.1, 0.15) is 11.2 Å². The van der Waals surface area contributed by atoms with Crippen molar-refractivity contribution in [2.75, 3.05) is 13.2 Å². The lowest BCUT2D eigenvalue weighted by Crippen LogP contribution is -2.72. The summed E-state index contributed by atoms with van der Waals surface area (Å²) in [5, 5.41) is 44.6. The molecule has 8 rings (SSSR count). The fourth-order valence-corrected chi connectivity index (χ4v) is 14.6. The number of phosphoric acid groups is 2. The highest BCUT2D eigenvalue weighted by atomic mass is 31.2. The van der Waals surface area contributed by atoms with E-state index in [9.17, 15) is 48.7 Å². The van der Waals surface area contributed by atoms with Crippen LogP contribution in [0.2, 0.25) is 0 Å². The molecule has 3 unspecified atom stereocenters. The molecule has 0 aliphatic heterocycles. The predicted molar refractivity (Wildman–Crippen MR) is 222 cm³/mol. The van der Waals surface area contributed by atoms with Gasteiger partial charge in [-0.3, -0.25) is 28.2 Å². The Bertz CT molecular complexity index is 2100. The van der Waals surface area contributed by atoms with Crippen molar-refractivity contribution >= 4 is 38.8 Å². The maximum absolute atomic E-state index is 17.0. The summed E-state index contributed by atoms with van der Waals surface area (Å²) in [4.78, 5) is 87.2. The number of alkyl halides is 2. The van der Waals surface area contributed by atoms with Crippen molar-refractivity contribution in [3.8, 4) is 0 Å². The Morgan fingerprint density at radius 2 is 0.953 bits per heavy atom. The second kappa shape index (κ2) is 15.5. The van der Waals surface area contributed by atoms with E-state index in [1.807, 2.05) is 0 Å². The van der Waals surface area contributed by atoms with Crippen LogP contribution in [0.25, 0.3) is 0 Å². The van der Waals surface area contributed by atoms with Crippen LogP contribution in [-0.4, -0.2) is 111 Å². The average Bonchev–Trinajstić information content (AvgIpc) is 3.19. The molecule has 0 spiro atoms. The van der Waals surface area contributed by atoms with Crippen molar-refractivity contribution in [1.82, 2.24) is 0 Å². The van der Waals surface area contributed by atoms with Crippen molar-refractivity contribution < 1.29 is 86.1 Å². The first kappa shape index (κ1) is 49.5. The second-order valence-electron chi connectivity index (χ2n) is 20.8. The van der Waals surface area contributed by atoms with Gasteiger partial charge in [0.05, 0.1) is 25.4 Å². The van der Waals surface area contributed by atoms with Gasteiger partial charge >= 0.3 is 15.6 Å². The Balaban J connectivity index is 0.000000191. The number of Topliss-reactive ketones (excluding diaryl/α,β-unsaturated/α-hetero) is 2. The van der Waals surface area contributed by atoms with E-state index in [4.69, 9.17) is 19.6 Å². The van der Waals surface area contributed by atoms with E-state index in [2.05, 4.69) is 9.05 Å². The molecule has 0 aromatic carbocycles. The fraction of sp³-hybridized carbons (Fsp3) is 0.727. The molecular formula is C44H60F2O16P2. The van der Waals surface area contributed by atoms with Gasteiger partial charge in [0.15, 0.2) is 34.5 Å². The molecule has 20 heteroatoms. The molecule has 0 radical (unpaired) electrons. The molecule has 16 atom stereocenters. The number of carbonyl (C=O) groups excluding carboxylic acids is 4. The van der Waals surface area contributed by atoms with Crippen molar-refractivity contribution in [1.29, 1.82) is 0 Å². The molecule has 0 aromatic heterocycles. The summed E-state index contributed by atoms with van der Waals surface area (Å²) in [6.07, 6.45) is 7.04. The average molecular weight is 945 g/mol. The number of carbonyl (C=O) groups is 4. The largest absolute Gasteiger partial charge is 0.469 e. The molecule has 8 aliphatic carbocycles. The maximum atomic E-state index is 17.0. The summed E-state index contributed by atoms with van der Waals surface area (Å²) in [7, 11) is -9.85. The van der Waals surface area contributed by atoms with Crippen LogP contribution >= 0.6 is 15.6 Å². The molecule has 6 fully saturated rings. The normalized spacial score (nSPS) is 48.6. The van der Waals surface area contributed by atoms with Crippen LogP contribution in [0.5, 0.6) is 0 Å². The lowest BCUT2D eigenvalue weighted by atomic mass is 9.41. The first-order valence-electron chi connectivity index (χ1n) is 21.8. The third-order valence-electron chi connectivity index (χ3n) is 17.6. The highest BCUT2D eigenvalue weighted by Gasteiger charge is 2.74. The van der Waals surface area contributed by atoms with E-state index in [0.29, 0.717) is 36.8 Å². The molecule has 356 valence electrons. The first-order chi connectivity index (χ1) is 29.2. The molecule has 64 heavy (non-hydrogen) atoms. The smallest absolute Gasteiger partial charge is 0.390 e. The predicted octanol–water partition coefficient (Wildman–Crippen LogP) is 4.03. The van der Waals surface area contributed by atoms with Crippen LogP contribution in [0.4, 0.5) is 8.78 Å². The Kier molecular flexibility index (Phi) is 12.0. The summed E-state index contributed by atoms with van der Waals surface area (Å²) in [6, 6.07) is 0. The van der Waals surface area contributed by atoms with Crippen LogP contribution in [-0.2, 0) is 37.4 Å². The third kappa shape index (κ3) is 7.10. The van der Waals surface area contributed by atoms with Crippen molar-refractivity contribution in [2.45, 2.75) is 128 Å². The zero-order chi connectivity index (χ0) is 47.8. The van der Waals surface area contributed by atoms with Crippen LogP contribution < -0.4 is 0 Å². The van der Waals surface area contributed by atoms with E-state index in [1.54, 1.807) is 41.5 Å². The van der Waals surface area contributed by atoms with Crippen molar-refractivity contribution in [2.24, 2.45) is 57.2 Å². The summed E-state index contributed by atoms with van der Waals surface area (Å²) >= 11 is 0. The molecule has 6 saturated carbocycles. The monoisotopic (exact) mass is 944 g/mol. The van der Waals surface area contributed by atoms with Gasteiger partial charge in [-0.2, -0.15) is 0 Å². The summed E-state index contributed by atoms with van der Waals surface area (Å²) in [5.41, 5.74) is -12.2. The number of aliphatic hydroxyl groups excluding tert-OH is 2. The van der Waals surface area contributed by atoms with E-state index in [-0.39, 0.29) is 37.2 Å². The molecular weight excluding hydrogens is 884 g/mol. The van der Waals surface area contributed by atoms with Gasteiger partial charge in [0.25, 0.3) is 0 Å². The number of fused-ring (bicyclic) bond motifs is 10. The number of rotatable bonds is 6. The maximum Gasteiger partial charge on any atom is 0.469 e. The second-order valence-corrected chi connectivity index (χ2v) is 23.3. The lowest BCUT2D eigenvalue weighted by Gasteiger charge is -2.64. The summed E-state index contributed by atoms with van der Waals surface area (Å²) in [6.45, 7) is 7.94. The zero-order valence-corrected chi connectivity index (χ0v) is 38.4. The molecule has 8 aliphatic rings. The van der Waals surface area contributed by atoms with Crippen LogP contribution in [0.1, 0.15) is 92.9 Å². The Hall–Kier alpha value is -2.44. The third-order valence-corrected chi connectivity index (χ3v) is 18.6. The van der Waals surface area contributed by atoms with Gasteiger partial charge in [-0.1, -0.05) is 51.0 Å². The van der Waals surface area contributed by atoms with Crippen LogP contribution in [0.15, 0.2) is 47.6 Å². The summed E-state index contributed by atoms with van der Waals surface area (Å²) in [5.74, 6) is -5.70. The number of ketones is 4. The SMILES string of the molecule is CC1C[C@H]2[C@@H]3CCC4=CC(=O)C=C[C@]4(C)[C@@]3(F)[C@@H](O)C[C@]2(C)C(=O)C1(O)COP(=O)(O)O.C[C@@H]1C[C@H]2[C@@H]3CCC4=CC(=O)C=C[C@]4(C)[C@@]3(F)[C@@H](O)C[C@]2(C)C(=O)C1(O)COP(=O)(O)O. The molecule has 0 amide bonds. The Morgan fingerprint density at radius 3 is 1.27 bits per heavy atom. The Labute approximate surface area is 369 Å². The van der Waals surface area contributed by atoms with Crippen molar-refractivity contribution in [3.63, 3.8) is 0 Å². The molecule has 0 saturated heterocycles. The number of halogens is 2. The number of hydrogen-bond donors (Lipinski definition) is 8. The van der Waals surface area contributed by atoms with Gasteiger partial charge in [0.2, 0.25) is 0 Å². The summed E-state index contributed by atoms with van der Waals surface area (Å²) < 4.78 is 65.4. The molecule has 8 N–H and O–H groups in total. The van der Waals surface area contributed by atoms with Crippen molar-refractivity contribution in [3.05, 3.63) is 47.6 Å². The highest BCUT2D eigenvalue weighted by molar-refractivity contribution is 7.46. The van der Waals surface area contributed by atoms with Gasteiger partial charge in [0, 0.05) is 33.5 Å². The fourth-order valence-electron chi connectivity index (χ4n) is 13.9. The molecule has 0 heterocycles. The van der Waals surface area contributed by atoms with Gasteiger partial charge in [-0.15, -0.1) is 0 Å². The molecule has 0 aromatic rings. The molecule has 0 bridgehead atoms. The van der Waals surface area contributed by atoms with E-state index in [1.165, 1.54) is 36.5 Å². The number of phosphoric ester groups is 2. The highest BCUT2D eigenvalue weighted by Crippen LogP contribution is 2.69. The zero-order valence-electron chi connectivity index (χ0n) is 36.6. The van der Waals surface area contributed by atoms with Gasteiger partial charge in [-0.05, 0) is 113 Å². The topological polar surface area (TPSA) is 283 Å². The first-order valence-corrected chi connectivity index (χ1v) is 24.8. The van der Waals surface area contributed by atoms with Crippen LogP contribution in [0.3, 0.4) is 0 Å². The quantitative estimate of drug-likeness (QED) is 0.175. The number of hydrogen-bond acceptors (Lipinski definition) is 12. The number of aliphatic hydroxyl groups is 4. The van der Waals surface area contributed by atoms with E-state index < -0.39 is 132 Å². The van der Waals surface area contributed by atoms with Gasteiger partial charge < -0.3 is 40.0 Å². The minimum absolute atomic E-state index is 0.216. The Morgan fingerprint density at radius 1 is 0.625 bits per heavy atom. The standard InChI is InChI=1S/2C22H30FO8P/c2*1-12-8-16-15-5-4-13-9-14(24)6-7-20(13,3)22(15,23)17(25)10-19(16,2)18(26)21(12,27)11-31-32(28,29)30/h2*6-7,9,12,15-17,25,27H,4-5,8,10-11H2,1-3H3,(H2,28,29,30)/t12?,15-,16-,17-,19-,20-,21?,22-;12-,15+,16+,17+,19+,20+,21?,22+/m01/s1. The minimum atomic E-state index is -4.93. The number of allylic oxidation sites excluding steroid dienone is 8.